The van der Waals surface area contributed by atoms with Crippen molar-refractivity contribution >= 4 is 6.08 Å². The molecule has 0 saturated carbocycles. The van der Waals surface area contributed by atoms with E-state index in [1.54, 1.807) is 0 Å². The molecule has 1 rings (SSSR count). The Morgan fingerprint density at radius 3 is 2.92 bits per heavy atom. The molecule has 0 bridgehead atoms. The van der Waals surface area contributed by atoms with E-state index in [0.717, 1.165) is 0 Å². The topological polar surface area (TPSA) is 0 Å². The summed E-state index contributed by atoms with van der Waals surface area (Å²) in [6.07, 6.45) is 9.52. The van der Waals surface area contributed by atoms with Gasteiger partial charge in [0, 0.05) is 0 Å². The minimum Gasteiger partial charge on any atom is -0.0839 e. The normalized spacial score (nSPS) is 10.8. The van der Waals surface area contributed by atoms with Gasteiger partial charge in [0.15, 0.2) is 0 Å². The van der Waals surface area contributed by atoms with E-state index < -0.39 is 0 Å². The monoisotopic (exact) mass is 173 g/mol. The van der Waals surface area contributed by atoms with Gasteiger partial charge in [-0.1, -0.05) is 56.2 Å². The smallest absolute Gasteiger partial charge is 0.0106 e. The van der Waals surface area contributed by atoms with Crippen LogP contribution in [0, 0.1) is 6.07 Å². The fourth-order valence-electron chi connectivity index (χ4n) is 1.23. The number of allylic oxidation sites excluding steroid dienone is 1. The third-order valence-electron chi connectivity index (χ3n) is 2.00. The lowest BCUT2D eigenvalue weighted by Gasteiger charge is -1.92. The Morgan fingerprint density at radius 1 is 1.31 bits per heavy atom. The first kappa shape index (κ1) is 10.0. The van der Waals surface area contributed by atoms with E-state index in [2.05, 4.69) is 31.2 Å². The van der Waals surface area contributed by atoms with Gasteiger partial charge in [0.25, 0.3) is 0 Å². The number of rotatable bonds is 5. The molecule has 0 heterocycles. The van der Waals surface area contributed by atoms with Crippen LogP contribution in [-0.2, 0) is 0 Å². The summed E-state index contributed by atoms with van der Waals surface area (Å²) < 4.78 is 0. The molecule has 0 fully saturated rings. The minimum atomic E-state index is 1.18. The Labute approximate surface area is 81.3 Å². The standard InChI is InChI=1S/C13H17/c1-2-3-4-5-7-10-13-11-8-6-9-12-13/h6-11H,2-5H2,1H3/b10-7+. The third kappa shape index (κ3) is 4.51. The summed E-state index contributed by atoms with van der Waals surface area (Å²) in [6.45, 7) is 2.23. The highest BCUT2D eigenvalue weighted by Gasteiger charge is 1.84. The first-order valence-corrected chi connectivity index (χ1v) is 5.06. The third-order valence-corrected chi connectivity index (χ3v) is 2.00. The molecule has 0 atom stereocenters. The highest BCUT2D eigenvalue weighted by Crippen LogP contribution is 2.04. The van der Waals surface area contributed by atoms with E-state index in [0.29, 0.717) is 0 Å². The Morgan fingerprint density at radius 2 is 2.23 bits per heavy atom. The average molecular weight is 173 g/mol. The van der Waals surface area contributed by atoms with Gasteiger partial charge in [0.1, 0.15) is 0 Å². The molecular formula is C13H17. The van der Waals surface area contributed by atoms with Crippen molar-refractivity contribution in [2.24, 2.45) is 0 Å². The molecular weight excluding hydrogens is 156 g/mol. The van der Waals surface area contributed by atoms with Crippen LogP contribution in [0.5, 0.6) is 0 Å². The van der Waals surface area contributed by atoms with Crippen LogP contribution in [0.4, 0.5) is 0 Å². The van der Waals surface area contributed by atoms with Crippen molar-refractivity contribution in [2.45, 2.75) is 32.6 Å². The van der Waals surface area contributed by atoms with E-state index in [1.807, 2.05) is 18.2 Å². The van der Waals surface area contributed by atoms with Gasteiger partial charge in [-0.05, 0) is 24.5 Å². The molecule has 0 spiro atoms. The van der Waals surface area contributed by atoms with Crippen molar-refractivity contribution in [1.82, 2.24) is 0 Å². The Hall–Kier alpha value is -1.04. The van der Waals surface area contributed by atoms with Gasteiger partial charge in [0.05, 0.1) is 0 Å². The van der Waals surface area contributed by atoms with E-state index >= 15 is 0 Å². The van der Waals surface area contributed by atoms with Crippen LogP contribution in [0.15, 0.2) is 30.3 Å². The highest BCUT2D eigenvalue weighted by atomic mass is 13.9. The van der Waals surface area contributed by atoms with Crippen molar-refractivity contribution < 1.29 is 0 Å². The van der Waals surface area contributed by atoms with E-state index in [-0.39, 0.29) is 0 Å². The van der Waals surface area contributed by atoms with Crippen molar-refractivity contribution in [3.8, 4) is 0 Å². The van der Waals surface area contributed by atoms with Crippen LogP contribution in [0.1, 0.15) is 38.2 Å². The first-order chi connectivity index (χ1) is 6.43. The molecule has 69 valence electrons. The number of benzene rings is 1. The second-order valence-corrected chi connectivity index (χ2v) is 3.22. The van der Waals surface area contributed by atoms with Gasteiger partial charge in [-0.2, -0.15) is 0 Å². The fourth-order valence-corrected chi connectivity index (χ4v) is 1.23. The molecule has 0 N–H and O–H groups in total. The predicted molar refractivity (Wildman–Crippen MR) is 58.5 cm³/mol. The SMILES string of the molecule is CCCCC/C=C/c1[c]cccc1. The second kappa shape index (κ2) is 6.47. The molecule has 0 unspecified atom stereocenters. The van der Waals surface area contributed by atoms with Crippen LogP contribution < -0.4 is 0 Å². The molecule has 0 aliphatic carbocycles. The maximum Gasteiger partial charge on any atom is -0.0106 e. The summed E-state index contributed by atoms with van der Waals surface area (Å²) in [5, 5.41) is 0. The predicted octanol–water partition coefficient (Wildman–Crippen LogP) is 4.08. The van der Waals surface area contributed by atoms with Crippen LogP contribution in [0.2, 0.25) is 0 Å². The summed E-state index contributed by atoms with van der Waals surface area (Å²) in [6, 6.07) is 11.2. The quantitative estimate of drug-likeness (QED) is 0.588. The number of hydrogen-bond donors (Lipinski definition) is 0. The minimum absolute atomic E-state index is 1.18. The Balaban J connectivity index is 2.25. The molecule has 0 aliphatic heterocycles. The largest absolute Gasteiger partial charge is 0.0839 e. The van der Waals surface area contributed by atoms with Crippen LogP contribution in [-0.4, -0.2) is 0 Å². The lowest BCUT2D eigenvalue weighted by molar-refractivity contribution is 0.730. The summed E-state index contributed by atoms with van der Waals surface area (Å²) in [5.74, 6) is 0. The van der Waals surface area contributed by atoms with Crippen LogP contribution >= 0.6 is 0 Å². The van der Waals surface area contributed by atoms with Gasteiger partial charge in [-0.15, -0.1) is 0 Å². The number of unbranched alkanes of at least 4 members (excludes halogenated alkanes) is 3. The molecule has 0 aromatic heterocycles. The lowest BCUT2D eigenvalue weighted by atomic mass is 10.1. The number of hydrogen-bond acceptors (Lipinski definition) is 0. The zero-order valence-electron chi connectivity index (χ0n) is 8.29. The summed E-state index contributed by atoms with van der Waals surface area (Å²) in [4.78, 5) is 0. The van der Waals surface area contributed by atoms with E-state index in [1.165, 1.54) is 31.2 Å². The first-order valence-electron chi connectivity index (χ1n) is 5.06. The molecule has 1 radical (unpaired) electrons. The molecule has 0 heteroatoms. The molecule has 1 aromatic rings. The van der Waals surface area contributed by atoms with E-state index in [9.17, 15) is 0 Å². The van der Waals surface area contributed by atoms with Crippen molar-refractivity contribution in [3.05, 3.63) is 42.0 Å². The van der Waals surface area contributed by atoms with Gasteiger partial charge in [-0.3, -0.25) is 0 Å². The van der Waals surface area contributed by atoms with Crippen molar-refractivity contribution in [2.75, 3.05) is 0 Å². The van der Waals surface area contributed by atoms with Gasteiger partial charge >= 0.3 is 0 Å². The van der Waals surface area contributed by atoms with Gasteiger partial charge < -0.3 is 0 Å². The van der Waals surface area contributed by atoms with Crippen molar-refractivity contribution in [3.63, 3.8) is 0 Å². The Kier molecular flexibility index (Phi) is 5.00. The second-order valence-electron chi connectivity index (χ2n) is 3.22. The fraction of sp³-hybridized carbons (Fsp3) is 0.385. The maximum absolute atomic E-state index is 3.17. The van der Waals surface area contributed by atoms with Crippen LogP contribution in [0.3, 0.4) is 0 Å². The maximum atomic E-state index is 3.17. The molecule has 0 nitrogen and oxygen atoms in total. The highest BCUT2D eigenvalue weighted by molar-refractivity contribution is 5.47. The molecule has 0 aliphatic rings. The zero-order valence-corrected chi connectivity index (χ0v) is 8.29. The average Bonchev–Trinajstić information content (AvgIpc) is 2.19. The van der Waals surface area contributed by atoms with Gasteiger partial charge in [0.2, 0.25) is 0 Å². The van der Waals surface area contributed by atoms with Crippen molar-refractivity contribution in [1.29, 1.82) is 0 Å². The summed E-state index contributed by atoms with van der Waals surface area (Å²) in [5.41, 5.74) is 1.18. The summed E-state index contributed by atoms with van der Waals surface area (Å²) in [7, 11) is 0. The Bertz CT molecular complexity index is 233. The summed E-state index contributed by atoms with van der Waals surface area (Å²) >= 11 is 0. The van der Waals surface area contributed by atoms with Gasteiger partial charge in [-0.25, -0.2) is 0 Å². The van der Waals surface area contributed by atoms with Crippen LogP contribution in [0.25, 0.3) is 6.08 Å². The lowest BCUT2D eigenvalue weighted by Crippen LogP contribution is -1.72. The molecule has 1 aromatic carbocycles. The molecule has 0 amide bonds. The zero-order chi connectivity index (χ0) is 9.36. The molecule has 0 saturated heterocycles. The van der Waals surface area contributed by atoms with E-state index in [4.69, 9.17) is 0 Å². The molecule has 13 heavy (non-hydrogen) atoms.